The van der Waals surface area contributed by atoms with Gasteiger partial charge >= 0.3 is 0 Å². The van der Waals surface area contributed by atoms with Crippen LogP contribution in [0.15, 0.2) is 21.2 Å². The van der Waals surface area contributed by atoms with Crippen LogP contribution in [0.25, 0.3) is 11.0 Å². The molecule has 2 aliphatic rings. The first kappa shape index (κ1) is 17.8. The topological polar surface area (TPSA) is 85.3 Å². The molecule has 0 aromatic carbocycles. The van der Waals surface area contributed by atoms with E-state index in [0.717, 1.165) is 60.9 Å². The number of furan rings is 1. The Morgan fingerprint density at radius 2 is 2.12 bits per heavy atom. The summed E-state index contributed by atoms with van der Waals surface area (Å²) in [6.45, 7) is 2.11. The second-order valence-corrected chi connectivity index (χ2v) is 8.14. The molecule has 6 nitrogen and oxygen atoms in total. The number of hydrogen-bond acceptors (Lipinski definition) is 6. The van der Waals surface area contributed by atoms with Crippen LogP contribution in [0.5, 0.6) is 0 Å². The molecule has 1 aliphatic carbocycles. The molecule has 2 N–H and O–H groups in total. The number of pyridine rings is 1. The van der Waals surface area contributed by atoms with Crippen LogP contribution in [0.4, 0.5) is 5.82 Å². The van der Waals surface area contributed by atoms with Gasteiger partial charge < -0.3 is 19.7 Å². The summed E-state index contributed by atoms with van der Waals surface area (Å²) in [5.41, 5.74) is 0.615. The number of nitriles is 1. The lowest BCUT2D eigenvalue weighted by molar-refractivity contribution is 0.0514. The van der Waals surface area contributed by atoms with E-state index in [-0.39, 0.29) is 6.10 Å². The van der Waals surface area contributed by atoms with Crippen molar-refractivity contribution in [1.82, 2.24) is 9.88 Å². The van der Waals surface area contributed by atoms with Gasteiger partial charge in [-0.1, -0.05) is 0 Å². The summed E-state index contributed by atoms with van der Waals surface area (Å²) in [4.78, 5) is 7.00. The number of nitrogens with zero attached hydrogens (tertiary/aromatic N) is 3. The summed E-state index contributed by atoms with van der Waals surface area (Å²) in [5.74, 6) is 1.09. The summed E-state index contributed by atoms with van der Waals surface area (Å²) in [7, 11) is 0. The zero-order chi connectivity index (χ0) is 18.1. The number of hydrogen-bond donors (Lipinski definition) is 2. The molecule has 2 atom stereocenters. The van der Waals surface area contributed by atoms with Gasteiger partial charge in [0, 0.05) is 36.6 Å². The summed E-state index contributed by atoms with van der Waals surface area (Å²) in [6, 6.07) is 4.68. The Balaban J connectivity index is 1.39. The average Bonchev–Trinajstić information content (AvgIpc) is 3.09. The van der Waals surface area contributed by atoms with E-state index < -0.39 is 0 Å². The van der Waals surface area contributed by atoms with E-state index in [1.165, 1.54) is 6.42 Å². The Morgan fingerprint density at radius 3 is 2.85 bits per heavy atom. The molecule has 4 rings (SSSR count). The van der Waals surface area contributed by atoms with Crippen LogP contribution in [0.2, 0.25) is 0 Å². The molecule has 2 aromatic heterocycles. The molecule has 0 bridgehead atoms. The van der Waals surface area contributed by atoms with E-state index in [9.17, 15) is 5.11 Å². The van der Waals surface area contributed by atoms with Gasteiger partial charge in [-0.3, -0.25) is 0 Å². The third kappa shape index (κ3) is 3.59. The minimum Gasteiger partial charge on any atom is -0.444 e. The number of aliphatic hydroxyl groups is 1. The normalized spacial score (nSPS) is 25.3. The van der Waals surface area contributed by atoms with E-state index in [1.807, 2.05) is 6.07 Å². The van der Waals surface area contributed by atoms with Crippen molar-refractivity contribution < 1.29 is 9.52 Å². The quantitative estimate of drug-likeness (QED) is 0.790. The van der Waals surface area contributed by atoms with Crippen molar-refractivity contribution in [2.24, 2.45) is 0 Å². The van der Waals surface area contributed by atoms with E-state index >= 15 is 0 Å². The number of likely N-dealkylation sites (tertiary alicyclic amines) is 1. The Labute approximate surface area is 161 Å². The zero-order valence-electron chi connectivity index (χ0n) is 14.6. The number of aromatic nitrogens is 1. The minimum atomic E-state index is -0.121. The fourth-order valence-corrected chi connectivity index (χ4v) is 4.74. The van der Waals surface area contributed by atoms with Gasteiger partial charge in [0.05, 0.1) is 16.8 Å². The molecule has 0 amide bonds. The van der Waals surface area contributed by atoms with Gasteiger partial charge in [-0.2, -0.15) is 5.26 Å². The van der Waals surface area contributed by atoms with Gasteiger partial charge in [0.15, 0.2) is 5.58 Å². The molecule has 1 saturated carbocycles. The second kappa shape index (κ2) is 7.55. The van der Waals surface area contributed by atoms with Crippen molar-refractivity contribution in [3.8, 4) is 6.07 Å². The number of aliphatic hydroxyl groups excluding tert-OH is 1. The highest BCUT2D eigenvalue weighted by Crippen LogP contribution is 2.33. The maximum atomic E-state index is 9.91. The van der Waals surface area contributed by atoms with Gasteiger partial charge in [-0.05, 0) is 54.5 Å². The molecule has 3 heterocycles. The number of piperidine rings is 1. The highest BCUT2D eigenvalue weighted by atomic mass is 79.9. The molecule has 0 radical (unpaired) electrons. The standard InChI is InChI=1S/C19H23BrN4O2/c20-18-16-9-15(10-21)26-17(16)11-22-19(18)23-12-4-6-24(7-5-12)13-2-1-3-14(25)8-13/h9,11-14,25H,1-8H2,(H,22,23)/t13-,14+/m1/s1. The van der Waals surface area contributed by atoms with Crippen molar-refractivity contribution in [3.63, 3.8) is 0 Å². The molecule has 2 fully saturated rings. The smallest absolute Gasteiger partial charge is 0.204 e. The summed E-state index contributed by atoms with van der Waals surface area (Å²) >= 11 is 3.60. The van der Waals surface area contributed by atoms with Crippen molar-refractivity contribution in [1.29, 1.82) is 5.26 Å². The van der Waals surface area contributed by atoms with E-state index in [0.29, 0.717) is 23.4 Å². The van der Waals surface area contributed by atoms with E-state index in [4.69, 9.17) is 9.68 Å². The lowest BCUT2D eigenvalue weighted by atomic mass is 9.90. The van der Waals surface area contributed by atoms with Crippen molar-refractivity contribution in [2.75, 3.05) is 18.4 Å². The third-order valence-corrected chi connectivity index (χ3v) is 6.43. The molecule has 7 heteroatoms. The molecule has 1 saturated heterocycles. The lowest BCUT2D eigenvalue weighted by Crippen LogP contribution is -2.47. The number of halogens is 1. The number of nitrogens with one attached hydrogen (secondary N) is 1. The third-order valence-electron chi connectivity index (χ3n) is 5.63. The van der Waals surface area contributed by atoms with Crippen molar-refractivity contribution in [2.45, 2.75) is 56.7 Å². The van der Waals surface area contributed by atoms with Gasteiger partial charge in [-0.25, -0.2) is 4.98 Å². The molecule has 0 unspecified atom stereocenters. The van der Waals surface area contributed by atoms with Gasteiger partial charge in [0.25, 0.3) is 0 Å². The van der Waals surface area contributed by atoms with Crippen LogP contribution < -0.4 is 5.32 Å². The first-order valence-corrected chi connectivity index (χ1v) is 10.1. The van der Waals surface area contributed by atoms with Gasteiger partial charge in [-0.15, -0.1) is 0 Å². The van der Waals surface area contributed by atoms with Gasteiger partial charge in [0.2, 0.25) is 5.76 Å². The summed E-state index contributed by atoms with van der Waals surface area (Å²) < 4.78 is 6.27. The molecule has 0 spiro atoms. The number of rotatable bonds is 3. The molecule has 138 valence electrons. The largest absolute Gasteiger partial charge is 0.444 e. The van der Waals surface area contributed by atoms with Crippen molar-refractivity contribution in [3.05, 3.63) is 22.5 Å². The SMILES string of the molecule is N#Cc1cc2c(Br)c(NC3CCN([C@@H]4CCC[C@H](O)C4)CC3)ncc2o1. The highest BCUT2D eigenvalue weighted by molar-refractivity contribution is 9.10. The first-order valence-electron chi connectivity index (χ1n) is 9.31. The van der Waals surface area contributed by atoms with E-state index in [2.05, 4.69) is 31.1 Å². The summed E-state index contributed by atoms with van der Waals surface area (Å²) in [6.07, 6.45) is 7.89. The average molecular weight is 419 g/mol. The van der Waals surface area contributed by atoms with Gasteiger partial charge in [0.1, 0.15) is 11.9 Å². The zero-order valence-corrected chi connectivity index (χ0v) is 16.2. The molecular weight excluding hydrogens is 396 g/mol. The van der Waals surface area contributed by atoms with Crippen LogP contribution in [-0.4, -0.2) is 46.3 Å². The highest BCUT2D eigenvalue weighted by Gasteiger charge is 2.29. The molecule has 2 aromatic rings. The molecule has 26 heavy (non-hydrogen) atoms. The Kier molecular flexibility index (Phi) is 5.16. The fraction of sp³-hybridized carbons (Fsp3) is 0.579. The maximum absolute atomic E-state index is 9.91. The first-order chi connectivity index (χ1) is 12.6. The van der Waals surface area contributed by atoms with E-state index in [1.54, 1.807) is 12.3 Å². The maximum Gasteiger partial charge on any atom is 0.204 e. The predicted molar refractivity (Wildman–Crippen MR) is 103 cm³/mol. The Bertz CT molecular complexity index is 823. The van der Waals surface area contributed by atoms with Crippen LogP contribution in [0, 0.1) is 11.3 Å². The Hall–Kier alpha value is -1.62. The molecule has 1 aliphatic heterocycles. The monoisotopic (exact) mass is 418 g/mol. The predicted octanol–water partition coefficient (Wildman–Crippen LogP) is 3.64. The van der Waals surface area contributed by atoms with Crippen LogP contribution in [-0.2, 0) is 0 Å². The number of anilines is 1. The summed E-state index contributed by atoms with van der Waals surface area (Å²) in [5, 5.41) is 23.3. The number of fused-ring (bicyclic) bond motifs is 1. The van der Waals surface area contributed by atoms with Crippen LogP contribution in [0.3, 0.4) is 0 Å². The second-order valence-electron chi connectivity index (χ2n) is 7.35. The van der Waals surface area contributed by atoms with Crippen LogP contribution in [0.1, 0.15) is 44.3 Å². The Morgan fingerprint density at radius 1 is 1.31 bits per heavy atom. The minimum absolute atomic E-state index is 0.121. The molecular formula is C19H23BrN4O2. The van der Waals surface area contributed by atoms with Crippen LogP contribution >= 0.6 is 15.9 Å². The van der Waals surface area contributed by atoms with Crippen molar-refractivity contribution >= 4 is 32.7 Å². The lowest BCUT2D eigenvalue weighted by Gasteiger charge is -2.40. The fourth-order valence-electron chi connectivity index (χ4n) is 4.21.